The van der Waals surface area contributed by atoms with Crippen LogP contribution in [0.5, 0.6) is 5.88 Å². The Hall–Kier alpha value is -4.87. The van der Waals surface area contributed by atoms with Crippen LogP contribution in [0, 0.1) is 12.7 Å². The summed E-state index contributed by atoms with van der Waals surface area (Å²) in [5, 5.41) is 4.97. The second kappa shape index (κ2) is 11.7. The molecule has 4 aromatic rings. The van der Waals surface area contributed by atoms with Crippen molar-refractivity contribution in [3.05, 3.63) is 83.6 Å². The van der Waals surface area contributed by atoms with Gasteiger partial charge < -0.3 is 15.4 Å². The second-order valence-corrected chi connectivity index (χ2v) is 9.39. The lowest BCUT2D eigenvalue weighted by Crippen LogP contribution is -2.16. The first kappa shape index (κ1) is 29.1. The van der Waals surface area contributed by atoms with Gasteiger partial charge in [-0.2, -0.15) is 13.2 Å². The number of pyridine rings is 3. The molecule has 0 aliphatic heterocycles. The van der Waals surface area contributed by atoms with Crippen LogP contribution in [0.4, 0.5) is 29.1 Å². The highest BCUT2D eigenvalue weighted by Crippen LogP contribution is 2.34. The average Bonchev–Trinajstić information content (AvgIpc) is 2.89. The third-order valence-electron chi connectivity index (χ3n) is 5.70. The summed E-state index contributed by atoms with van der Waals surface area (Å²) in [6.07, 6.45) is -2.59. The fraction of sp³-hybridized carbons (Fsp3) is 0.207. The van der Waals surface area contributed by atoms with Crippen LogP contribution in [0.1, 0.15) is 42.4 Å². The van der Waals surface area contributed by atoms with Crippen LogP contribution in [0.15, 0.2) is 60.9 Å². The SMILES string of the molecule is CC(=O)Nc1cc(-c2cc(-c3cc(NC(=O)c4ccnc(C(F)(F)F)c4)c(F)cc3C)cc(OC(C)C)n2)ccn1. The molecule has 0 atom stereocenters. The van der Waals surface area contributed by atoms with Gasteiger partial charge in [0.25, 0.3) is 5.91 Å². The van der Waals surface area contributed by atoms with Crippen molar-refractivity contribution >= 4 is 23.3 Å². The molecule has 12 heteroatoms. The maximum Gasteiger partial charge on any atom is 0.433 e. The van der Waals surface area contributed by atoms with E-state index in [1.807, 2.05) is 13.8 Å². The number of aryl methyl sites for hydroxylation is 1. The predicted octanol–water partition coefficient (Wildman–Crippen LogP) is 6.67. The lowest BCUT2D eigenvalue weighted by atomic mass is 9.98. The van der Waals surface area contributed by atoms with Crippen molar-refractivity contribution in [2.24, 2.45) is 0 Å². The van der Waals surface area contributed by atoms with Gasteiger partial charge in [-0.15, -0.1) is 0 Å². The minimum Gasteiger partial charge on any atom is -0.475 e. The fourth-order valence-corrected chi connectivity index (χ4v) is 3.95. The molecule has 2 amide bonds. The Morgan fingerprint density at radius 1 is 0.927 bits per heavy atom. The Morgan fingerprint density at radius 2 is 1.66 bits per heavy atom. The number of carbonyl (C=O) groups is 2. The summed E-state index contributed by atoms with van der Waals surface area (Å²) in [6, 6.07) is 11.0. The van der Waals surface area contributed by atoms with Crippen LogP contribution >= 0.6 is 0 Å². The number of amides is 2. The van der Waals surface area contributed by atoms with E-state index in [1.54, 1.807) is 31.2 Å². The maximum atomic E-state index is 14.9. The number of nitrogens with zero attached hydrogens (tertiary/aromatic N) is 3. The Kier molecular flexibility index (Phi) is 8.31. The van der Waals surface area contributed by atoms with Crippen molar-refractivity contribution in [1.82, 2.24) is 15.0 Å². The maximum absolute atomic E-state index is 14.9. The Morgan fingerprint density at radius 3 is 2.34 bits per heavy atom. The molecule has 0 unspecified atom stereocenters. The van der Waals surface area contributed by atoms with E-state index in [0.717, 1.165) is 12.3 Å². The van der Waals surface area contributed by atoms with E-state index in [4.69, 9.17) is 4.74 Å². The van der Waals surface area contributed by atoms with Crippen molar-refractivity contribution in [2.45, 2.75) is 40.0 Å². The summed E-state index contributed by atoms with van der Waals surface area (Å²) < 4.78 is 60.0. The van der Waals surface area contributed by atoms with Crippen LogP contribution in [-0.2, 0) is 11.0 Å². The van der Waals surface area contributed by atoms with Gasteiger partial charge in [0.2, 0.25) is 11.8 Å². The van der Waals surface area contributed by atoms with Gasteiger partial charge in [0, 0.05) is 36.5 Å². The number of carbonyl (C=O) groups excluding carboxylic acids is 2. The highest BCUT2D eigenvalue weighted by molar-refractivity contribution is 6.04. The topological polar surface area (TPSA) is 106 Å². The average molecular weight is 568 g/mol. The molecule has 212 valence electrons. The van der Waals surface area contributed by atoms with Gasteiger partial charge in [-0.1, -0.05) is 0 Å². The molecule has 4 rings (SSSR count). The van der Waals surface area contributed by atoms with E-state index in [1.165, 1.54) is 25.3 Å². The number of nitrogens with one attached hydrogen (secondary N) is 2. The number of hydrogen-bond acceptors (Lipinski definition) is 6. The van der Waals surface area contributed by atoms with Crippen LogP contribution in [0.2, 0.25) is 0 Å². The summed E-state index contributed by atoms with van der Waals surface area (Å²) in [5.74, 6) is -1.41. The lowest BCUT2D eigenvalue weighted by Gasteiger charge is -2.16. The molecule has 0 spiro atoms. The monoisotopic (exact) mass is 567 g/mol. The van der Waals surface area contributed by atoms with Gasteiger partial charge in [-0.3, -0.25) is 14.6 Å². The first-order valence-corrected chi connectivity index (χ1v) is 12.4. The van der Waals surface area contributed by atoms with Gasteiger partial charge in [-0.05, 0) is 79.9 Å². The fourth-order valence-electron chi connectivity index (χ4n) is 3.95. The predicted molar refractivity (Wildman–Crippen MR) is 145 cm³/mol. The van der Waals surface area contributed by atoms with E-state index >= 15 is 0 Å². The summed E-state index contributed by atoms with van der Waals surface area (Å²) in [4.78, 5) is 36.2. The van der Waals surface area contributed by atoms with Gasteiger partial charge in [0.05, 0.1) is 17.5 Å². The van der Waals surface area contributed by atoms with Crippen molar-refractivity contribution < 1.29 is 31.9 Å². The zero-order valence-corrected chi connectivity index (χ0v) is 22.4. The molecule has 0 aliphatic rings. The van der Waals surface area contributed by atoms with E-state index in [9.17, 15) is 27.2 Å². The lowest BCUT2D eigenvalue weighted by molar-refractivity contribution is -0.141. The molecule has 41 heavy (non-hydrogen) atoms. The number of rotatable bonds is 7. The zero-order chi connectivity index (χ0) is 29.9. The number of hydrogen-bond donors (Lipinski definition) is 2. The molecule has 0 radical (unpaired) electrons. The molecule has 8 nitrogen and oxygen atoms in total. The van der Waals surface area contributed by atoms with Crippen molar-refractivity contribution in [3.63, 3.8) is 0 Å². The summed E-state index contributed by atoms with van der Waals surface area (Å²) in [6.45, 7) is 6.69. The quantitative estimate of drug-likeness (QED) is 0.242. The second-order valence-electron chi connectivity index (χ2n) is 9.39. The third kappa shape index (κ3) is 7.21. The smallest absolute Gasteiger partial charge is 0.433 e. The van der Waals surface area contributed by atoms with Crippen molar-refractivity contribution in [3.8, 4) is 28.3 Å². The molecule has 3 heterocycles. The standard InChI is InChI=1S/C29H25F4N5O3/c1-15(2)41-27-13-20(10-23(37-27)18-5-8-35-26(12-18)36-17(4)39)21-14-24(22(30)9-16(21)3)38-28(40)19-6-7-34-25(11-19)29(31,32)33/h5-15H,1-4H3,(H,38,40)(H,35,36,39). The molecule has 0 bridgehead atoms. The molecule has 2 N–H and O–H groups in total. The highest BCUT2D eigenvalue weighted by atomic mass is 19.4. The molecule has 0 saturated heterocycles. The summed E-state index contributed by atoms with van der Waals surface area (Å²) >= 11 is 0. The third-order valence-corrected chi connectivity index (χ3v) is 5.70. The van der Waals surface area contributed by atoms with E-state index in [2.05, 4.69) is 25.6 Å². The largest absolute Gasteiger partial charge is 0.475 e. The molecule has 3 aromatic heterocycles. The van der Waals surface area contributed by atoms with Gasteiger partial charge in [0.15, 0.2) is 0 Å². The summed E-state index contributed by atoms with van der Waals surface area (Å²) in [5.41, 5.74) is 0.882. The minimum atomic E-state index is -4.74. The molecule has 0 aliphatic carbocycles. The number of anilines is 2. The Bertz CT molecular complexity index is 1620. The molecule has 0 fully saturated rings. The summed E-state index contributed by atoms with van der Waals surface area (Å²) in [7, 11) is 0. The number of halogens is 4. The van der Waals surface area contributed by atoms with E-state index < -0.39 is 23.6 Å². The van der Waals surface area contributed by atoms with Crippen molar-refractivity contribution in [1.29, 1.82) is 0 Å². The zero-order valence-electron chi connectivity index (χ0n) is 22.4. The first-order valence-electron chi connectivity index (χ1n) is 12.4. The van der Waals surface area contributed by atoms with E-state index in [0.29, 0.717) is 39.8 Å². The molecular formula is C29H25F4N5O3. The van der Waals surface area contributed by atoms with Gasteiger partial charge >= 0.3 is 6.18 Å². The van der Waals surface area contributed by atoms with Crippen LogP contribution in [0.25, 0.3) is 22.4 Å². The van der Waals surface area contributed by atoms with Crippen molar-refractivity contribution in [2.75, 3.05) is 10.6 Å². The molecule has 0 saturated carbocycles. The van der Waals surface area contributed by atoms with Crippen LogP contribution in [0.3, 0.4) is 0 Å². The Balaban J connectivity index is 1.76. The van der Waals surface area contributed by atoms with E-state index in [-0.39, 0.29) is 29.1 Å². The first-order chi connectivity index (χ1) is 19.3. The number of benzene rings is 1. The minimum absolute atomic E-state index is 0.218. The molecule has 1 aromatic carbocycles. The molecular weight excluding hydrogens is 542 g/mol. The van der Waals surface area contributed by atoms with Gasteiger partial charge in [0.1, 0.15) is 17.3 Å². The van der Waals surface area contributed by atoms with Crippen LogP contribution < -0.4 is 15.4 Å². The number of alkyl halides is 3. The number of aromatic nitrogens is 3. The van der Waals surface area contributed by atoms with Crippen LogP contribution in [-0.4, -0.2) is 32.9 Å². The highest BCUT2D eigenvalue weighted by Gasteiger charge is 2.33. The Labute approximate surface area is 232 Å². The number of ether oxygens (including phenoxy) is 1. The van der Waals surface area contributed by atoms with Gasteiger partial charge in [-0.25, -0.2) is 14.4 Å². The normalized spacial score (nSPS) is 11.3.